The second-order valence-corrected chi connectivity index (χ2v) is 6.28. The minimum Gasteiger partial charge on any atom is -0.385 e. The molecule has 0 aromatic heterocycles. The third-order valence-corrected chi connectivity index (χ3v) is 4.49. The Morgan fingerprint density at radius 1 is 1.05 bits per heavy atom. The van der Waals surface area contributed by atoms with Gasteiger partial charge in [-0.1, -0.05) is 50.8 Å². The van der Waals surface area contributed by atoms with E-state index in [-0.39, 0.29) is 0 Å². The van der Waals surface area contributed by atoms with Gasteiger partial charge in [0.15, 0.2) is 0 Å². The summed E-state index contributed by atoms with van der Waals surface area (Å²) >= 11 is 0. The van der Waals surface area contributed by atoms with Crippen molar-refractivity contribution in [2.24, 2.45) is 0 Å². The molecule has 1 nitrogen and oxygen atoms in total. The van der Waals surface area contributed by atoms with Gasteiger partial charge in [0.2, 0.25) is 0 Å². The van der Waals surface area contributed by atoms with E-state index >= 15 is 0 Å². The first kappa shape index (κ1) is 14.6. The van der Waals surface area contributed by atoms with Crippen LogP contribution in [0.3, 0.4) is 0 Å². The molecule has 0 aliphatic heterocycles. The fourth-order valence-corrected chi connectivity index (χ4v) is 3.11. The van der Waals surface area contributed by atoms with Gasteiger partial charge in [0, 0.05) is 0 Å². The van der Waals surface area contributed by atoms with Gasteiger partial charge < -0.3 is 5.11 Å². The van der Waals surface area contributed by atoms with Gasteiger partial charge in [0.05, 0.1) is 5.60 Å². The highest BCUT2D eigenvalue weighted by Gasteiger charge is 2.23. The molecule has 1 atom stereocenters. The molecule has 1 aromatic carbocycles. The van der Waals surface area contributed by atoms with E-state index in [0.29, 0.717) is 0 Å². The highest BCUT2D eigenvalue weighted by Crippen LogP contribution is 2.31. The number of aryl methyl sites for hydroxylation is 2. The summed E-state index contributed by atoms with van der Waals surface area (Å²) in [6, 6.07) is 6.64. The Kier molecular flexibility index (Phi) is 5.04. The lowest BCUT2D eigenvalue weighted by Crippen LogP contribution is -2.21. The topological polar surface area (TPSA) is 20.2 Å². The lowest BCUT2D eigenvalue weighted by molar-refractivity contribution is 0.0447. The molecule has 0 bridgehead atoms. The standard InChI is InChI=1S/C18H28O/c1-3-4-5-8-13-18(2,19)17-12-11-15-9-6-7-10-16(15)14-17/h11-12,14,19H,3-10,13H2,1-2H3. The van der Waals surface area contributed by atoms with Gasteiger partial charge in [-0.25, -0.2) is 0 Å². The Morgan fingerprint density at radius 3 is 2.53 bits per heavy atom. The Hall–Kier alpha value is -0.820. The monoisotopic (exact) mass is 260 g/mol. The summed E-state index contributed by atoms with van der Waals surface area (Å²) in [5, 5.41) is 10.7. The highest BCUT2D eigenvalue weighted by atomic mass is 16.3. The molecule has 2 rings (SSSR count). The molecular formula is C18H28O. The zero-order valence-electron chi connectivity index (χ0n) is 12.5. The van der Waals surface area contributed by atoms with Crippen molar-refractivity contribution >= 4 is 0 Å². The first-order valence-electron chi connectivity index (χ1n) is 7.98. The summed E-state index contributed by atoms with van der Waals surface area (Å²) in [6.07, 6.45) is 10.8. The van der Waals surface area contributed by atoms with Gasteiger partial charge in [0.25, 0.3) is 0 Å². The molecule has 19 heavy (non-hydrogen) atoms. The Bertz CT molecular complexity index is 406. The molecule has 0 amide bonds. The first-order chi connectivity index (χ1) is 9.13. The lowest BCUT2D eigenvalue weighted by atomic mass is 9.84. The van der Waals surface area contributed by atoms with E-state index in [4.69, 9.17) is 0 Å². The SMILES string of the molecule is CCCCCCC(C)(O)c1ccc2c(c1)CCCC2. The molecule has 1 unspecified atom stereocenters. The van der Waals surface area contributed by atoms with Crippen LogP contribution in [0.15, 0.2) is 18.2 Å². The summed E-state index contributed by atoms with van der Waals surface area (Å²) in [5.41, 5.74) is 3.43. The number of rotatable bonds is 6. The Labute approximate surface area is 118 Å². The zero-order valence-corrected chi connectivity index (χ0v) is 12.5. The van der Waals surface area contributed by atoms with Gasteiger partial charge in [-0.2, -0.15) is 0 Å². The van der Waals surface area contributed by atoms with Gasteiger partial charge in [-0.15, -0.1) is 0 Å². The van der Waals surface area contributed by atoms with Crippen LogP contribution in [0.25, 0.3) is 0 Å². The van der Waals surface area contributed by atoms with Crippen LogP contribution >= 0.6 is 0 Å². The van der Waals surface area contributed by atoms with E-state index < -0.39 is 5.60 Å². The van der Waals surface area contributed by atoms with Crippen LogP contribution in [0.5, 0.6) is 0 Å². The molecule has 1 N–H and O–H groups in total. The maximum Gasteiger partial charge on any atom is 0.0868 e. The zero-order chi connectivity index (χ0) is 13.7. The molecule has 1 aliphatic rings. The molecule has 0 heterocycles. The molecule has 1 heteroatoms. The largest absolute Gasteiger partial charge is 0.385 e. The smallest absolute Gasteiger partial charge is 0.0868 e. The van der Waals surface area contributed by atoms with Gasteiger partial charge >= 0.3 is 0 Å². The number of unbranched alkanes of at least 4 members (excludes halogenated alkanes) is 3. The van der Waals surface area contributed by atoms with Crippen molar-refractivity contribution in [1.82, 2.24) is 0 Å². The molecule has 0 saturated carbocycles. The van der Waals surface area contributed by atoms with E-state index in [0.717, 1.165) is 18.4 Å². The molecule has 1 aliphatic carbocycles. The second kappa shape index (κ2) is 6.56. The quantitative estimate of drug-likeness (QED) is 0.732. The number of hydrogen-bond donors (Lipinski definition) is 1. The van der Waals surface area contributed by atoms with Gasteiger partial charge in [0.1, 0.15) is 0 Å². The maximum absolute atomic E-state index is 10.7. The Morgan fingerprint density at radius 2 is 1.79 bits per heavy atom. The summed E-state index contributed by atoms with van der Waals surface area (Å²) in [7, 11) is 0. The van der Waals surface area contributed by atoms with Gasteiger partial charge in [-0.05, 0) is 55.7 Å². The molecule has 0 saturated heterocycles. The minimum atomic E-state index is -0.653. The van der Waals surface area contributed by atoms with Crippen molar-refractivity contribution in [3.05, 3.63) is 34.9 Å². The van der Waals surface area contributed by atoms with Crippen LogP contribution in [0.4, 0.5) is 0 Å². The summed E-state index contributed by atoms with van der Waals surface area (Å²) in [4.78, 5) is 0. The van der Waals surface area contributed by atoms with Crippen molar-refractivity contribution < 1.29 is 5.11 Å². The van der Waals surface area contributed by atoms with E-state index in [1.807, 2.05) is 6.92 Å². The number of aliphatic hydroxyl groups is 1. The average molecular weight is 260 g/mol. The van der Waals surface area contributed by atoms with Crippen molar-refractivity contribution in [1.29, 1.82) is 0 Å². The molecule has 0 fully saturated rings. The lowest BCUT2D eigenvalue weighted by Gasteiger charge is -2.26. The van der Waals surface area contributed by atoms with Crippen molar-refractivity contribution in [2.45, 2.75) is 77.2 Å². The van der Waals surface area contributed by atoms with Crippen LogP contribution < -0.4 is 0 Å². The van der Waals surface area contributed by atoms with Crippen molar-refractivity contribution in [3.8, 4) is 0 Å². The van der Waals surface area contributed by atoms with Crippen LogP contribution in [-0.4, -0.2) is 5.11 Å². The van der Waals surface area contributed by atoms with Crippen molar-refractivity contribution in [3.63, 3.8) is 0 Å². The third-order valence-electron chi connectivity index (χ3n) is 4.49. The third kappa shape index (κ3) is 3.82. The Balaban J connectivity index is 2.03. The predicted octanol–water partition coefficient (Wildman–Crippen LogP) is 4.74. The second-order valence-electron chi connectivity index (χ2n) is 6.28. The normalized spacial score (nSPS) is 17.8. The van der Waals surface area contributed by atoms with Gasteiger partial charge in [-0.3, -0.25) is 0 Å². The van der Waals surface area contributed by atoms with E-state index in [1.54, 1.807) is 0 Å². The highest BCUT2D eigenvalue weighted by molar-refractivity contribution is 5.36. The molecule has 0 radical (unpaired) electrons. The fourth-order valence-electron chi connectivity index (χ4n) is 3.11. The molecule has 106 valence electrons. The maximum atomic E-state index is 10.7. The molecule has 1 aromatic rings. The predicted molar refractivity (Wildman–Crippen MR) is 81.4 cm³/mol. The van der Waals surface area contributed by atoms with E-state index in [1.165, 1.54) is 56.1 Å². The number of benzene rings is 1. The van der Waals surface area contributed by atoms with Crippen LogP contribution in [0.2, 0.25) is 0 Å². The fraction of sp³-hybridized carbons (Fsp3) is 0.667. The van der Waals surface area contributed by atoms with Crippen LogP contribution in [0.1, 0.15) is 75.5 Å². The average Bonchev–Trinajstić information content (AvgIpc) is 2.43. The number of hydrogen-bond acceptors (Lipinski definition) is 1. The molecule has 0 spiro atoms. The summed E-state index contributed by atoms with van der Waals surface area (Å²) in [6.45, 7) is 4.20. The van der Waals surface area contributed by atoms with Crippen LogP contribution in [-0.2, 0) is 18.4 Å². The molecular weight excluding hydrogens is 232 g/mol. The summed E-state index contributed by atoms with van der Waals surface area (Å²) in [5.74, 6) is 0. The minimum absolute atomic E-state index is 0.653. The first-order valence-corrected chi connectivity index (χ1v) is 7.98. The van der Waals surface area contributed by atoms with E-state index in [9.17, 15) is 5.11 Å². The summed E-state index contributed by atoms with van der Waals surface area (Å²) < 4.78 is 0. The van der Waals surface area contributed by atoms with E-state index in [2.05, 4.69) is 25.1 Å². The van der Waals surface area contributed by atoms with Crippen LogP contribution in [0, 0.1) is 0 Å². The van der Waals surface area contributed by atoms with Crippen molar-refractivity contribution in [2.75, 3.05) is 0 Å². The number of fused-ring (bicyclic) bond motifs is 1.